The molecule has 1 N–H and O–H groups in total. The molecule has 1 amide bonds. The molecule has 7 heteroatoms. The third-order valence-corrected chi connectivity index (χ3v) is 4.22. The molecule has 0 saturated heterocycles. The Morgan fingerprint density at radius 2 is 1.96 bits per heavy atom. The SMILES string of the molecule is CN(C)c1ncccc1CNC(=O)C(c1ccc2c(c1)OCO2)N(C)C. The molecule has 0 saturated carbocycles. The molecule has 2 heterocycles. The van der Waals surface area contributed by atoms with Gasteiger partial charge in [0.2, 0.25) is 12.7 Å². The predicted molar refractivity (Wildman–Crippen MR) is 99.4 cm³/mol. The number of rotatable bonds is 6. The largest absolute Gasteiger partial charge is 0.454 e. The van der Waals surface area contributed by atoms with Crippen molar-refractivity contribution in [2.75, 3.05) is 39.9 Å². The monoisotopic (exact) mass is 356 g/mol. The van der Waals surface area contributed by atoms with E-state index in [0.29, 0.717) is 18.0 Å². The van der Waals surface area contributed by atoms with Crippen LogP contribution in [-0.4, -0.2) is 50.8 Å². The molecule has 2 aromatic rings. The quantitative estimate of drug-likeness (QED) is 0.851. The maximum Gasteiger partial charge on any atom is 0.242 e. The number of hydrogen-bond donors (Lipinski definition) is 1. The Balaban J connectivity index is 1.76. The van der Waals surface area contributed by atoms with Crippen molar-refractivity contribution < 1.29 is 14.3 Å². The molecule has 0 aliphatic carbocycles. The lowest BCUT2D eigenvalue weighted by atomic mass is 10.0. The number of likely N-dealkylation sites (N-methyl/N-ethyl adjacent to an activating group) is 1. The molecular weight excluding hydrogens is 332 g/mol. The molecule has 1 aromatic carbocycles. The van der Waals surface area contributed by atoms with Crippen molar-refractivity contribution >= 4 is 11.7 Å². The van der Waals surface area contributed by atoms with E-state index < -0.39 is 6.04 Å². The minimum Gasteiger partial charge on any atom is -0.454 e. The van der Waals surface area contributed by atoms with Gasteiger partial charge in [-0.1, -0.05) is 12.1 Å². The van der Waals surface area contributed by atoms with Crippen LogP contribution in [0.3, 0.4) is 0 Å². The minimum absolute atomic E-state index is 0.0811. The van der Waals surface area contributed by atoms with Gasteiger partial charge in [0.05, 0.1) is 0 Å². The molecule has 0 bridgehead atoms. The lowest BCUT2D eigenvalue weighted by Crippen LogP contribution is -2.37. The number of benzene rings is 1. The van der Waals surface area contributed by atoms with Crippen molar-refractivity contribution in [3.05, 3.63) is 47.7 Å². The summed E-state index contributed by atoms with van der Waals surface area (Å²) in [5.74, 6) is 2.14. The Morgan fingerprint density at radius 3 is 2.69 bits per heavy atom. The highest BCUT2D eigenvalue weighted by molar-refractivity contribution is 5.83. The zero-order chi connectivity index (χ0) is 18.7. The van der Waals surface area contributed by atoms with E-state index in [4.69, 9.17) is 9.47 Å². The Labute approximate surface area is 153 Å². The topological polar surface area (TPSA) is 66.9 Å². The van der Waals surface area contributed by atoms with Gasteiger partial charge >= 0.3 is 0 Å². The molecule has 1 aliphatic heterocycles. The number of carbonyl (C=O) groups excluding carboxylic acids is 1. The summed E-state index contributed by atoms with van der Waals surface area (Å²) in [6.45, 7) is 0.626. The van der Waals surface area contributed by atoms with Crippen LogP contribution in [0.1, 0.15) is 17.2 Å². The van der Waals surface area contributed by atoms with Gasteiger partial charge in [-0.05, 0) is 37.9 Å². The number of fused-ring (bicyclic) bond motifs is 1. The Kier molecular flexibility index (Phi) is 5.27. The van der Waals surface area contributed by atoms with Gasteiger partial charge in [-0.15, -0.1) is 0 Å². The normalized spacial score (nSPS) is 13.6. The van der Waals surface area contributed by atoms with Crippen molar-refractivity contribution in [1.29, 1.82) is 0 Å². The summed E-state index contributed by atoms with van der Waals surface area (Å²) in [5, 5.41) is 3.02. The van der Waals surface area contributed by atoms with E-state index in [1.165, 1.54) is 0 Å². The molecule has 1 unspecified atom stereocenters. The molecular formula is C19H24N4O3. The summed E-state index contributed by atoms with van der Waals surface area (Å²) in [5.41, 5.74) is 1.82. The summed E-state index contributed by atoms with van der Waals surface area (Å²) in [6, 6.07) is 9.01. The van der Waals surface area contributed by atoms with Crippen molar-refractivity contribution in [3.63, 3.8) is 0 Å². The summed E-state index contributed by atoms with van der Waals surface area (Å²) in [4.78, 5) is 21.1. The average Bonchev–Trinajstić information content (AvgIpc) is 3.07. The first-order chi connectivity index (χ1) is 12.5. The molecule has 26 heavy (non-hydrogen) atoms. The van der Waals surface area contributed by atoms with Crippen LogP contribution in [-0.2, 0) is 11.3 Å². The van der Waals surface area contributed by atoms with Crippen LogP contribution in [0.5, 0.6) is 11.5 Å². The second-order valence-corrected chi connectivity index (χ2v) is 6.58. The van der Waals surface area contributed by atoms with E-state index in [9.17, 15) is 4.79 Å². The minimum atomic E-state index is -0.427. The van der Waals surface area contributed by atoms with Crippen molar-refractivity contribution in [2.45, 2.75) is 12.6 Å². The first-order valence-electron chi connectivity index (χ1n) is 8.42. The van der Waals surface area contributed by atoms with E-state index in [-0.39, 0.29) is 12.7 Å². The van der Waals surface area contributed by atoms with Crippen LogP contribution in [0.4, 0.5) is 5.82 Å². The zero-order valence-corrected chi connectivity index (χ0v) is 15.5. The number of hydrogen-bond acceptors (Lipinski definition) is 6. The number of aromatic nitrogens is 1. The summed E-state index contributed by atoms with van der Waals surface area (Å²) in [6.07, 6.45) is 1.75. The van der Waals surface area contributed by atoms with Crippen LogP contribution in [0.2, 0.25) is 0 Å². The highest BCUT2D eigenvalue weighted by Gasteiger charge is 2.25. The van der Waals surface area contributed by atoms with Crippen LogP contribution in [0.15, 0.2) is 36.5 Å². The van der Waals surface area contributed by atoms with Gasteiger partial charge in [-0.25, -0.2) is 4.98 Å². The fourth-order valence-corrected chi connectivity index (χ4v) is 3.02. The summed E-state index contributed by atoms with van der Waals surface area (Å²) >= 11 is 0. The highest BCUT2D eigenvalue weighted by Crippen LogP contribution is 2.35. The number of amides is 1. The van der Waals surface area contributed by atoms with Gasteiger partial charge < -0.3 is 19.7 Å². The van der Waals surface area contributed by atoms with Gasteiger partial charge in [0.1, 0.15) is 11.9 Å². The van der Waals surface area contributed by atoms with Crippen molar-refractivity contribution in [2.24, 2.45) is 0 Å². The fraction of sp³-hybridized carbons (Fsp3) is 0.368. The standard InChI is InChI=1S/C19H24N4O3/c1-22(2)17(13-7-8-15-16(10-13)26-12-25-15)19(24)21-11-14-6-5-9-20-18(14)23(3)4/h5-10,17H,11-12H2,1-4H3,(H,21,24). The number of pyridine rings is 1. The van der Waals surface area contributed by atoms with Gasteiger partial charge in [-0.3, -0.25) is 9.69 Å². The lowest BCUT2D eigenvalue weighted by molar-refractivity contribution is -0.125. The molecule has 3 rings (SSSR count). The molecule has 1 aliphatic rings. The van der Waals surface area contributed by atoms with Gasteiger partial charge in [0.15, 0.2) is 11.5 Å². The molecule has 1 aromatic heterocycles. The van der Waals surface area contributed by atoms with E-state index in [1.54, 1.807) is 6.20 Å². The fourth-order valence-electron chi connectivity index (χ4n) is 3.02. The maximum absolute atomic E-state index is 12.9. The number of nitrogens with one attached hydrogen (secondary N) is 1. The van der Waals surface area contributed by atoms with E-state index in [2.05, 4.69) is 10.3 Å². The summed E-state index contributed by atoms with van der Waals surface area (Å²) in [7, 11) is 7.63. The molecule has 7 nitrogen and oxygen atoms in total. The Bertz CT molecular complexity index is 792. The average molecular weight is 356 g/mol. The third kappa shape index (κ3) is 3.72. The molecule has 1 atom stereocenters. The van der Waals surface area contributed by atoms with Crippen LogP contribution in [0.25, 0.3) is 0 Å². The first-order valence-corrected chi connectivity index (χ1v) is 8.42. The number of carbonyl (C=O) groups is 1. The highest BCUT2D eigenvalue weighted by atomic mass is 16.7. The number of anilines is 1. The van der Waals surface area contributed by atoms with Crippen LogP contribution in [0, 0.1) is 0 Å². The van der Waals surface area contributed by atoms with Crippen molar-refractivity contribution in [1.82, 2.24) is 15.2 Å². The van der Waals surface area contributed by atoms with Gasteiger partial charge in [0.25, 0.3) is 0 Å². The van der Waals surface area contributed by atoms with E-state index in [0.717, 1.165) is 16.9 Å². The van der Waals surface area contributed by atoms with Crippen LogP contribution >= 0.6 is 0 Å². The van der Waals surface area contributed by atoms with Gasteiger partial charge in [0, 0.05) is 32.4 Å². The molecule has 0 radical (unpaired) electrons. The first kappa shape index (κ1) is 18.0. The van der Waals surface area contributed by atoms with E-state index in [1.807, 2.05) is 68.3 Å². The molecule has 0 spiro atoms. The maximum atomic E-state index is 12.9. The van der Waals surface area contributed by atoms with E-state index >= 15 is 0 Å². The summed E-state index contributed by atoms with van der Waals surface area (Å²) < 4.78 is 10.8. The second kappa shape index (κ2) is 7.61. The second-order valence-electron chi connectivity index (χ2n) is 6.58. The number of nitrogens with zero attached hydrogens (tertiary/aromatic N) is 3. The smallest absolute Gasteiger partial charge is 0.242 e. The molecule has 0 fully saturated rings. The third-order valence-electron chi connectivity index (χ3n) is 4.22. The Hall–Kier alpha value is -2.80. The number of ether oxygens (including phenoxy) is 2. The van der Waals surface area contributed by atoms with Crippen molar-refractivity contribution in [3.8, 4) is 11.5 Å². The lowest BCUT2D eigenvalue weighted by Gasteiger charge is -2.24. The van der Waals surface area contributed by atoms with Crippen LogP contribution < -0.4 is 19.7 Å². The predicted octanol–water partition coefficient (Wildman–Crippen LogP) is 1.80. The zero-order valence-electron chi connectivity index (χ0n) is 15.5. The van der Waals surface area contributed by atoms with Gasteiger partial charge in [-0.2, -0.15) is 0 Å². The Morgan fingerprint density at radius 1 is 1.19 bits per heavy atom. The molecule has 138 valence electrons.